The van der Waals surface area contributed by atoms with Gasteiger partial charge in [-0.2, -0.15) is 0 Å². The maximum atomic E-state index is 12.1. The monoisotopic (exact) mass is 257 g/mol. The maximum Gasteiger partial charge on any atom is 0.257 e. The Hall–Kier alpha value is -2.53. The van der Waals surface area contributed by atoms with E-state index in [0.29, 0.717) is 22.7 Å². The van der Waals surface area contributed by atoms with E-state index < -0.39 is 0 Å². The normalized spacial score (nSPS) is 9.79. The number of amides is 1. The molecule has 0 bridgehead atoms. The molecule has 19 heavy (non-hydrogen) atoms. The van der Waals surface area contributed by atoms with Crippen molar-refractivity contribution >= 4 is 17.3 Å². The second-order valence-electron chi connectivity index (χ2n) is 3.88. The van der Waals surface area contributed by atoms with Crippen molar-refractivity contribution in [3.63, 3.8) is 0 Å². The molecule has 0 saturated carbocycles. The first-order valence-electron chi connectivity index (χ1n) is 5.75. The third-order valence-electron chi connectivity index (χ3n) is 2.65. The van der Waals surface area contributed by atoms with Gasteiger partial charge < -0.3 is 15.5 Å². The first-order valence-corrected chi connectivity index (χ1v) is 5.75. The lowest BCUT2D eigenvalue weighted by molar-refractivity contribution is 0.102. The van der Waals surface area contributed by atoms with Gasteiger partial charge in [-0.3, -0.25) is 10.6 Å². The van der Waals surface area contributed by atoms with Crippen LogP contribution in [0.5, 0.6) is 5.75 Å². The topological polar surface area (TPSA) is 76.4 Å². The summed E-state index contributed by atoms with van der Waals surface area (Å²) in [5.41, 5.74) is 4.21. The molecule has 0 atom stereocenters. The van der Waals surface area contributed by atoms with Crippen LogP contribution in [0.3, 0.4) is 0 Å². The number of nitrogens with one attached hydrogen (secondary N) is 2. The molecule has 1 amide bonds. The lowest BCUT2D eigenvalue weighted by Gasteiger charge is -2.10. The number of methoxy groups -OCH3 is 1. The number of nitrogen functional groups attached to an aromatic ring is 1. The van der Waals surface area contributed by atoms with Crippen molar-refractivity contribution < 1.29 is 9.53 Å². The van der Waals surface area contributed by atoms with Gasteiger partial charge in [0, 0.05) is 11.8 Å². The van der Waals surface area contributed by atoms with Crippen molar-refractivity contribution in [1.29, 1.82) is 0 Å². The van der Waals surface area contributed by atoms with E-state index in [-0.39, 0.29) is 5.91 Å². The Kier molecular flexibility index (Phi) is 4.00. The molecule has 0 unspecified atom stereocenters. The molecule has 5 nitrogen and oxygen atoms in total. The molecule has 5 heteroatoms. The number of benzene rings is 2. The minimum atomic E-state index is -0.234. The quantitative estimate of drug-likeness (QED) is 0.580. The Morgan fingerprint density at radius 3 is 2.68 bits per heavy atom. The van der Waals surface area contributed by atoms with Gasteiger partial charge >= 0.3 is 0 Å². The third-order valence-corrected chi connectivity index (χ3v) is 2.65. The molecule has 98 valence electrons. The van der Waals surface area contributed by atoms with Gasteiger partial charge in [0.1, 0.15) is 5.75 Å². The van der Waals surface area contributed by atoms with Crippen molar-refractivity contribution in [3.05, 3.63) is 54.1 Å². The van der Waals surface area contributed by atoms with Gasteiger partial charge in [-0.25, -0.2) is 0 Å². The zero-order chi connectivity index (χ0) is 13.7. The minimum Gasteiger partial charge on any atom is -0.497 e. The van der Waals surface area contributed by atoms with Gasteiger partial charge in [0.2, 0.25) is 0 Å². The average Bonchev–Trinajstić information content (AvgIpc) is 2.47. The Bertz CT molecular complexity index is 584. The van der Waals surface area contributed by atoms with Crippen molar-refractivity contribution in [2.24, 2.45) is 5.84 Å². The molecule has 0 aromatic heterocycles. The molecule has 0 fully saturated rings. The molecule has 4 N–H and O–H groups in total. The van der Waals surface area contributed by atoms with E-state index in [1.165, 1.54) is 0 Å². The summed E-state index contributed by atoms with van der Waals surface area (Å²) in [6.45, 7) is 0. The van der Waals surface area contributed by atoms with Gasteiger partial charge in [0.05, 0.1) is 18.4 Å². The van der Waals surface area contributed by atoms with Crippen molar-refractivity contribution in [3.8, 4) is 5.75 Å². The van der Waals surface area contributed by atoms with Crippen LogP contribution in [0.4, 0.5) is 11.4 Å². The fourth-order valence-electron chi connectivity index (χ4n) is 1.71. The van der Waals surface area contributed by atoms with Crippen LogP contribution in [0.2, 0.25) is 0 Å². The molecular weight excluding hydrogens is 242 g/mol. The van der Waals surface area contributed by atoms with Crippen LogP contribution in [-0.4, -0.2) is 13.0 Å². The van der Waals surface area contributed by atoms with Gasteiger partial charge in [0.25, 0.3) is 5.91 Å². The second-order valence-corrected chi connectivity index (χ2v) is 3.88. The summed E-state index contributed by atoms with van der Waals surface area (Å²) in [4.78, 5) is 12.1. The molecule has 0 saturated heterocycles. The molecule has 2 rings (SSSR count). The van der Waals surface area contributed by atoms with Crippen LogP contribution in [0, 0.1) is 0 Å². The molecule has 2 aromatic rings. The second kappa shape index (κ2) is 5.88. The first kappa shape index (κ1) is 12.9. The number of nitrogens with two attached hydrogens (primary N) is 1. The SMILES string of the molecule is COc1cccc(NC(=O)c2ccccc2NN)c1. The standard InChI is InChI=1S/C14H15N3O2/c1-19-11-6-4-5-10(9-11)16-14(18)12-7-2-3-8-13(12)17-15/h2-9,17H,15H2,1H3,(H,16,18). The number of hydrazine groups is 1. The van der Waals surface area contributed by atoms with E-state index in [1.807, 2.05) is 12.1 Å². The van der Waals surface area contributed by atoms with Crippen LogP contribution in [0.15, 0.2) is 48.5 Å². The lowest BCUT2D eigenvalue weighted by atomic mass is 10.1. The highest BCUT2D eigenvalue weighted by atomic mass is 16.5. The van der Waals surface area contributed by atoms with Gasteiger partial charge in [0.15, 0.2) is 0 Å². The highest BCUT2D eigenvalue weighted by molar-refractivity contribution is 6.08. The summed E-state index contributed by atoms with van der Waals surface area (Å²) in [6, 6.07) is 14.2. The third kappa shape index (κ3) is 3.02. The Morgan fingerprint density at radius 2 is 1.95 bits per heavy atom. The number of hydrogen-bond acceptors (Lipinski definition) is 4. The molecule has 0 aliphatic carbocycles. The number of para-hydroxylation sites is 1. The van der Waals surface area contributed by atoms with E-state index in [1.54, 1.807) is 43.5 Å². The Morgan fingerprint density at radius 1 is 1.16 bits per heavy atom. The number of rotatable bonds is 4. The first-order chi connectivity index (χ1) is 9.24. The molecule has 2 aromatic carbocycles. The minimum absolute atomic E-state index is 0.234. The largest absolute Gasteiger partial charge is 0.497 e. The van der Waals surface area contributed by atoms with E-state index in [0.717, 1.165) is 0 Å². The highest BCUT2D eigenvalue weighted by Gasteiger charge is 2.10. The highest BCUT2D eigenvalue weighted by Crippen LogP contribution is 2.19. The molecule has 0 spiro atoms. The van der Waals surface area contributed by atoms with Crippen molar-refractivity contribution in [2.45, 2.75) is 0 Å². The number of carbonyl (C=O) groups is 1. The Labute approximate surface area is 111 Å². The predicted molar refractivity (Wildman–Crippen MR) is 75.2 cm³/mol. The number of anilines is 2. The molecule has 0 aliphatic rings. The number of hydrogen-bond donors (Lipinski definition) is 3. The zero-order valence-corrected chi connectivity index (χ0v) is 10.5. The molecule has 0 heterocycles. The van der Waals surface area contributed by atoms with Gasteiger partial charge in [-0.1, -0.05) is 18.2 Å². The van der Waals surface area contributed by atoms with Crippen LogP contribution in [0.1, 0.15) is 10.4 Å². The Balaban J connectivity index is 2.20. The van der Waals surface area contributed by atoms with E-state index in [2.05, 4.69) is 10.7 Å². The van der Waals surface area contributed by atoms with Gasteiger partial charge in [-0.15, -0.1) is 0 Å². The molecule has 0 aliphatic heterocycles. The average molecular weight is 257 g/mol. The van der Waals surface area contributed by atoms with Crippen LogP contribution in [-0.2, 0) is 0 Å². The predicted octanol–water partition coefficient (Wildman–Crippen LogP) is 2.23. The smallest absolute Gasteiger partial charge is 0.257 e. The van der Waals surface area contributed by atoms with Crippen molar-refractivity contribution in [2.75, 3.05) is 17.9 Å². The molecular formula is C14H15N3O2. The van der Waals surface area contributed by atoms with Crippen LogP contribution < -0.4 is 21.3 Å². The van der Waals surface area contributed by atoms with Crippen LogP contribution in [0.25, 0.3) is 0 Å². The lowest BCUT2D eigenvalue weighted by Crippen LogP contribution is -2.17. The van der Waals surface area contributed by atoms with E-state index in [9.17, 15) is 4.79 Å². The maximum absolute atomic E-state index is 12.1. The summed E-state index contributed by atoms with van der Waals surface area (Å²) in [5.74, 6) is 5.83. The summed E-state index contributed by atoms with van der Waals surface area (Å²) in [6.07, 6.45) is 0. The summed E-state index contributed by atoms with van der Waals surface area (Å²) >= 11 is 0. The number of carbonyl (C=O) groups excluding carboxylic acids is 1. The number of ether oxygens (including phenoxy) is 1. The van der Waals surface area contributed by atoms with Crippen molar-refractivity contribution in [1.82, 2.24) is 0 Å². The van der Waals surface area contributed by atoms with E-state index >= 15 is 0 Å². The zero-order valence-electron chi connectivity index (χ0n) is 10.5. The van der Waals surface area contributed by atoms with Gasteiger partial charge in [-0.05, 0) is 24.3 Å². The van der Waals surface area contributed by atoms with E-state index in [4.69, 9.17) is 10.6 Å². The fourth-order valence-corrected chi connectivity index (χ4v) is 1.71. The summed E-state index contributed by atoms with van der Waals surface area (Å²) < 4.78 is 5.10. The van der Waals surface area contributed by atoms with Crippen LogP contribution >= 0.6 is 0 Å². The summed E-state index contributed by atoms with van der Waals surface area (Å²) in [7, 11) is 1.58. The summed E-state index contributed by atoms with van der Waals surface area (Å²) in [5, 5.41) is 2.79. The fraction of sp³-hybridized carbons (Fsp3) is 0.0714. The molecule has 0 radical (unpaired) electrons.